The lowest BCUT2D eigenvalue weighted by atomic mass is 9.84. The first-order valence-electron chi connectivity index (χ1n) is 10.7. The molecule has 2 heterocycles. The number of esters is 1. The number of rotatable bonds is 7. The van der Waals surface area contributed by atoms with Gasteiger partial charge in [0.15, 0.2) is 0 Å². The summed E-state index contributed by atoms with van der Waals surface area (Å²) in [7, 11) is 1.29. The molecule has 3 aromatic rings. The predicted molar refractivity (Wildman–Crippen MR) is 129 cm³/mol. The number of benzene rings is 2. The molecular formula is C25H25ClN2O4S. The van der Waals surface area contributed by atoms with Crippen LogP contribution in [-0.4, -0.2) is 53.3 Å². The van der Waals surface area contributed by atoms with Gasteiger partial charge in [0, 0.05) is 22.8 Å². The number of hydrogen-bond acceptors (Lipinski definition) is 5. The van der Waals surface area contributed by atoms with E-state index in [9.17, 15) is 14.4 Å². The zero-order valence-electron chi connectivity index (χ0n) is 18.5. The van der Waals surface area contributed by atoms with E-state index in [1.165, 1.54) is 12.0 Å². The van der Waals surface area contributed by atoms with Crippen LogP contribution in [0.1, 0.15) is 24.5 Å². The van der Waals surface area contributed by atoms with E-state index in [0.29, 0.717) is 18.0 Å². The summed E-state index contributed by atoms with van der Waals surface area (Å²) >= 11 is 7.70. The van der Waals surface area contributed by atoms with E-state index < -0.39 is 11.5 Å². The minimum absolute atomic E-state index is 0.0959. The molecule has 1 atom stereocenters. The van der Waals surface area contributed by atoms with E-state index in [2.05, 4.69) is 0 Å². The van der Waals surface area contributed by atoms with Crippen LogP contribution in [0, 0.1) is 0 Å². The summed E-state index contributed by atoms with van der Waals surface area (Å²) in [5.74, 6) is -0.889. The number of thiophene rings is 1. The molecule has 2 amide bonds. The van der Waals surface area contributed by atoms with Gasteiger partial charge >= 0.3 is 5.97 Å². The summed E-state index contributed by atoms with van der Waals surface area (Å²) in [6.45, 7) is 2.27. The second kappa shape index (κ2) is 9.53. The highest BCUT2D eigenvalue weighted by atomic mass is 35.5. The molecule has 6 nitrogen and oxygen atoms in total. The van der Waals surface area contributed by atoms with Crippen LogP contribution in [-0.2, 0) is 32.1 Å². The lowest BCUT2D eigenvalue weighted by molar-refractivity contribution is -0.166. The highest BCUT2D eigenvalue weighted by molar-refractivity contribution is 7.17. The number of hydrogen-bond donors (Lipinski definition) is 0. The van der Waals surface area contributed by atoms with Crippen molar-refractivity contribution in [1.82, 2.24) is 9.80 Å². The van der Waals surface area contributed by atoms with Gasteiger partial charge in [-0.1, -0.05) is 41.9 Å². The Balaban J connectivity index is 1.53. The average Bonchev–Trinajstić information content (AvgIpc) is 3.19. The smallest absolute Gasteiger partial charge is 0.325 e. The highest BCUT2D eigenvalue weighted by Crippen LogP contribution is 2.35. The minimum Gasteiger partial charge on any atom is -0.468 e. The third kappa shape index (κ3) is 4.75. The second-order valence-electron chi connectivity index (χ2n) is 8.37. The highest BCUT2D eigenvalue weighted by Gasteiger charge is 2.51. The molecule has 0 N–H and O–H groups in total. The average molecular weight is 485 g/mol. The van der Waals surface area contributed by atoms with Crippen LogP contribution in [0.5, 0.6) is 0 Å². The zero-order chi connectivity index (χ0) is 23.6. The molecule has 0 aliphatic carbocycles. The van der Waals surface area contributed by atoms with Gasteiger partial charge in [-0.2, -0.15) is 0 Å². The summed E-state index contributed by atoms with van der Waals surface area (Å²) in [5.41, 5.74) is 0.758. The molecule has 1 aliphatic heterocycles. The number of fused-ring (bicyclic) bond motifs is 1. The Kier molecular flexibility index (Phi) is 6.72. The van der Waals surface area contributed by atoms with Crippen molar-refractivity contribution in [2.24, 2.45) is 0 Å². The summed E-state index contributed by atoms with van der Waals surface area (Å²) in [5, 5.41) is 3.62. The maximum Gasteiger partial charge on any atom is 0.325 e. The number of methoxy groups -OCH3 is 1. The van der Waals surface area contributed by atoms with Crippen molar-refractivity contribution in [3.8, 4) is 0 Å². The molecule has 0 saturated carbocycles. The van der Waals surface area contributed by atoms with E-state index >= 15 is 0 Å². The third-order valence-corrected chi connectivity index (χ3v) is 7.43. The van der Waals surface area contributed by atoms with E-state index in [0.717, 1.165) is 21.2 Å². The zero-order valence-corrected chi connectivity index (χ0v) is 20.1. The van der Waals surface area contributed by atoms with Gasteiger partial charge in [0.05, 0.1) is 13.5 Å². The van der Waals surface area contributed by atoms with Gasteiger partial charge in [-0.3, -0.25) is 14.4 Å². The van der Waals surface area contributed by atoms with Crippen LogP contribution in [0.3, 0.4) is 0 Å². The van der Waals surface area contributed by atoms with Gasteiger partial charge in [0.25, 0.3) is 0 Å². The van der Waals surface area contributed by atoms with Crippen molar-refractivity contribution in [2.45, 2.75) is 31.8 Å². The first-order chi connectivity index (χ1) is 15.8. The molecule has 1 aliphatic rings. The fourth-order valence-electron chi connectivity index (χ4n) is 4.23. The number of halogens is 1. The van der Waals surface area contributed by atoms with E-state index in [-0.39, 0.29) is 31.3 Å². The maximum atomic E-state index is 13.6. The first kappa shape index (κ1) is 23.3. The van der Waals surface area contributed by atoms with Crippen LogP contribution in [0.4, 0.5) is 0 Å². The molecule has 0 spiro atoms. The summed E-state index contributed by atoms with van der Waals surface area (Å²) in [6, 6.07) is 15.1. The standard InChI is InChI=1S/C25H25ClN2O4S/c1-25(24(31)27(15-23(30)32-2)14-17-6-5-7-19(26)12-17)10-11-28(25)22(29)13-18-16-33-21-9-4-3-8-20(18)21/h3-9,12,16H,10-11,13-15H2,1-2H3. The van der Waals surface area contributed by atoms with E-state index in [4.69, 9.17) is 16.3 Å². The first-order valence-corrected chi connectivity index (χ1v) is 11.9. The Bertz CT molecular complexity index is 1210. The molecule has 172 valence electrons. The maximum absolute atomic E-state index is 13.6. The largest absolute Gasteiger partial charge is 0.468 e. The fourth-order valence-corrected chi connectivity index (χ4v) is 5.40. The SMILES string of the molecule is COC(=O)CN(Cc1cccc(Cl)c1)C(=O)C1(C)CCN1C(=O)Cc1csc2ccccc12. The molecule has 33 heavy (non-hydrogen) atoms. The van der Waals surface area contributed by atoms with E-state index in [1.54, 1.807) is 41.4 Å². The quantitative estimate of drug-likeness (QED) is 0.469. The Morgan fingerprint density at radius 3 is 2.67 bits per heavy atom. The number of likely N-dealkylation sites (tertiary alicyclic amines) is 1. The molecule has 1 fully saturated rings. The number of nitrogens with zero attached hydrogens (tertiary/aromatic N) is 2. The van der Waals surface area contributed by atoms with Crippen LogP contribution in [0.15, 0.2) is 53.9 Å². The second-order valence-corrected chi connectivity index (χ2v) is 9.72. The number of amides is 2. The molecule has 2 aromatic carbocycles. The summed E-state index contributed by atoms with van der Waals surface area (Å²) < 4.78 is 5.94. The van der Waals surface area contributed by atoms with Gasteiger partial charge in [0.2, 0.25) is 11.8 Å². The van der Waals surface area contributed by atoms with Crippen LogP contribution < -0.4 is 0 Å². The Morgan fingerprint density at radius 1 is 1.18 bits per heavy atom. The van der Waals surface area contributed by atoms with Crippen molar-refractivity contribution in [3.05, 3.63) is 70.1 Å². The van der Waals surface area contributed by atoms with Crippen molar-refractivity contribution < 1.29 is 19.1 Å². The van der Waals surface area contributed by atoms with Crippen molar-refractivity contribution in [3.63, 3.8) is 0 Å². The lowest BCUT2D eigenvalue weighted by Crippen LogP contribution is -2.68. The number of ether oxygens (including phenoxy) is 1. The Morgan fingerprint density at radius 2 is 1.97 bits per heavy atom. The summed E-state index contributed by atoms with van der Waals surface area (Å²) in [4.78, 5) is 41.9. The monoisotopic (exact) mass is 484 g/mol. The van der Waals surface area contributed by atoms with Crippen molar-refractivity contribution in [1.29, 1.82) is 0 Å². The molecule has 0 radical (unpaired) electrons. The normalized spacial score (nSPS) is 17.5. The Hall–Kier alpha value is -2.90. The van der Waals surface area contributed by atoms with Crippen molar-refractivity contribution >= 4 is 50.8 Å². The van der Waals surface area contributed by atoms with Gasteiger partial charge in [-0.25, -0.2) is 0 Å². The minimum atomic E-state index is -1.00. The van der Waals surface area contributed by atoms with Gasteiger partial charge in [-0.05, 0) is 53.4 Å². The van der Waals surface area contributed by atoms with Gasteiger partial charge < -0.3 is 14.5 Å². The molecule has 1 saturated heterocycles. The molecular weight excluding hydrogens is 460 g/mol. The van der Waals surface area contributed by atoms with Crippen LogP contribution >= 0.6 is 22.9 Å². The van der Waals surface area contributed by atoms with Crippen LogP contribution in [0.25, 0.3) is 10.1 Å². The molecule has 8 heteroatoms. The Labute approximate surface area is 201 Å². The van der Waals surface area contributed by atoms with Gasteiger partial charge in [-0.15, -0.1) is 11.3 Å². The van der Waals surface area contributed by atoms with E-state index in [1.807, 2.05) is 35.7 Å². The molecule has 1 aromatic heterocycles. The van der Waals surface area contributed by atoms with Gasteiger partial charge in [0.1, 0.15) is 12.1 Å². The summed E-state index contributed by atoms with van der Waals surface area (Å²) in [6.07, 6.45) is 0.771. The molecule has 1 unspecified atom stereocenters. The molecule has 4 rings (SSSR count). The number of carbonyl (C=O) groups is 3. The predicted octanol–water partition coefficient (Wildman–Crippen LogP) is 4.29. The van der Waals surface area contributed by atoms with Crippen molar-refractivity contribution in [2.75, 3.05) is 20.2 Å². The number of carbonyl (C=O) groups excluding carboxylic acids is 3. The molecule has 0 bridgehead atoms. The fraction of sp³-hybridized carbons (Fsp3) is 0.320. The topological polar surface area (TPSA) is 66.9 Å². The lowest BCUT2D eigenvalue weighted by Gasteiger charge is -2.50. The third-order valence-electron chi connectivity index (χ3n) is 6.18. The van der Waals surface area contributed by atoms with Crippen LogP contribution in [0.2, 0.25) is 5.02 Å².